The van der Waals surface area contributed by atoms with E-state index in [9.17, 15) is 21.6 Å². The molecule has 1 saturated carbocycles. The standard InChI is InChI=1S/C18H13ClF3N3O2S2/c19-12-6-16(29(26,27)25-17-8-28-9-23-17)14(22)7-15(12)24-18(3-4-18)11-2-1-10(20)5-13(11)21/h1-2,5-9,24-25H,3-4H2. The van der Waals surface area contributed by atoms with Crippen LogP contribution in [0.3, 0.4) is 0 Å². The lowest BCUT2D eigenvalue weighted by molar-refractivity contribution is 0.559. The van der Waals surface area contributed by atoms with E-state index in [1.54, 1.807) is 0 Å². The van der Waals surface area contributed by atoms with Gasteiger partial charge in [-0.2, -0.15) is 0 Å². The zero-order valence-corrected chi connectivity index (χ0v) is 16.9. The minimum atomic E-state index is -4.24. The second kappa shape index (κ2) is 7.19. The highest BCUT2D eigenvalue weighted by Crippen LogP contribution is 2.50. The Labute approximate surface area is 173 Å². The Morgan fingerprint density at radius 2 is 1.86 bits per heavy atom. The summed E-state index contributed by atoms with van der Waals surface area (Å²) < 4.78 is 69.0. The van der Waals surface area contributed by atoms with E-state index >= 15 is 0 Å². The molecule has 1 fully saturated rings. The molecule has 0 unspecified atom stereocenters. The van der Waals surface area contributed by atoms with E-state index in [-0.39, 0.29) is 22.1 Å². The largest absolute Gasteiger partial charge is 0.374 e. The molecule has 0 spiro atoms. The van der Waals surface area contributed by atoms with Crippen molar-refractivity contribution >= 4 is 44.5 Å². The zero-order chi connectivity index (χ0) is 20.8. The topological polar surface area (TPSA) is 71.1 Å². The van der Waals surface area contributed by atoms with Gasteiger partial charge in [0.25, 0.3) is 10.0 Å². The normalized spacial score (nSPS) is 15.2. The number of nitrogens with one attached hydrogen (secondary N) is 2. The van der Waals surface area contributed by atoms with Gasteiger partial charge < -0.3 is 5.32 Å². The molecule has 1 aliphatic carbocycles. The van der Waals surface area contributed by atoms with Gasteiger partial charge in [-0.25, -0.2) is 26.6 Å². The Balaban J connectivity index is 1.64. The smallest absolute Gasteiger partial charge is 0.266 e. The van der Waals surface area contributed by atoms with Gasteiger partial charge >= 0.3 is 0 Å². The van der Waals surface area contributed by atoms with Crippen molar-refractivity contribution in [3.05, 3.63) is 69.3 Å². The van der Waals surface area contributed by atoms with Crippen LogP contribution in [0, 0.1) is 17.5 Å². The first kappa shape index (κ1) is 20.0. The average molecular weight is 460 g/mol. The lowest BCUT2D eigenvalue weighted by Gasteiger charge is -2.21. The number of benzene rings is 2. The molecule has 0 radical (unpaired) electrons. The summed E-state index contributed by atoms with van der Waals surface area (Å²) in [4.78, 5) is 3.16. The second-order valence-corrected chi connectivity index (χ2v) is 9.35. The van der Waals surface area contributed by atoms with Crippen molar-refractivity contribution in [3.8, 4) is 0 Å². The Morgan fingerprint density at radius 1 is 1.10 bits per heavy atom. The van der Waals surface area contributed by atoms with Crippen LogP contribution in [0.25, 0.3) is 0 Å². The summed E-state index contributed by atoms with van der Waals surface area (Å²) in [6, 6.07) is 5.16. The highest BCUT2D eigenvalue weighted by atomic mass is 35.5. The van der Waals surface area contributed by atoms with E-state index in [4.69, 9.17) is 11.6 Å². The van der Waals surface area contributed by atoms with Gasteiger partial charge in [0.1, 0.15) is 22.3 Å². The van der Waals surface area contributed by atoms with Gasteiger partial charge in [0.2, 0.25) is 0 Å². The third-order valence-corrected chi connectivity index (χ3v) is 6.82. The Morgan fingerprint density at radius 3 is 2.48 bits per heavy atom. The minimum absolute atomic E-state index is 0.0566. The Kier molecular flexibility index (Phi) is 4.96. The molecule has 2 N–H and O–H groups in total. The van der Waals surface area contributed by atoms with Gasteiger partial charge in [0, 0.05) is 17.0 Å². The molecule has 1 aromatic heterocycles. The maximum absolute atomic E-state index is 14.6. The molecule has 0 saturated heterocycles. The van der Waals surface area contributed by atoms with Crippen LogP contribution >= 0.6 is 22.9 Å². The van der Waals surface area contributed by atoms with Crippen molar-refractivity contribution in [2.75, 3.05) is 10.0 Å². The molecule has 1 aliphatic rings. The van der Waals surface area contributed by atoms with E-state index in [1.807, 2.05) is 0 Å². The molecule has 0 aliphatic heterocycles. The number of halogens is 4. The third kappa shape index (κ3) is 3.92. The third-order valence-electron chi connectivity index (χ3n) is 4.55. The van der Waals surface area contributed by atoms with E-state index in [1.165, 1.54) is 28.3 Å². The molecule has 152 valence electrons. The van der Waals surface area contributed by atoms with E-state index in [2.05, 4.69) is 15.0 Å². The maximum Gasteiger partial charge on any atom is 0.266 e. The van der Waals surface area contributed by atoms with Crippen LogP contribution in [0.4, 0.5) is 24.7 Å². The number of aromatic nitrogens is 1. The van der Waals surface area contributed by atoms with Gasteiger partial charge in [-0.05, 0) is 31.0 Å². The lowest BCUT2D eigenvalue weighted by atomic mass is 10.0. The highest BCUT2D eigenvalue weighted by molar-refractivity contribution is 7.92. The van der Waals surface area contributed by atoms with Gasteiger partial charge in [0.05, 0.1) is 21.8 Å². The lowest BCUT2D eigenvalue weighted by Crippen LogP contribution is -2.21. The van der Waals surface area contributed by atoms with Crippen molar-refractivity contribution < 1.29 is 21.6 Å². The number of sulfonamides is 1. The number of thiazole rings is 1. The average Bonchev–Trinajstić information content (AvgIpc) is 3.23. The summed E-state index contributed by atoms with van der Waals surface area (Å²) >= 11 is 7.36. The quantitative estimate of drug-likeness (QED) is 0.537. The predicted molar refractivity (Wildman–Crippen MR) is 105 cm³/mol. The number of anilines is 2. The number of hydrogen-bond acceptors (Lipinski definition) is 5. The monoisotopic (exact) mass is 459 g/mol. The van der Waals surface area contributed by atoms with E-state index in [0.717, 1.165) is 24.3 Å². The number of rotatable bonds is 6. The van der Waals surface area contributed by atoms with Crippen LogP contribution < -0.4 is 10.0 Å². The van der Waals surface area contributed by atoms with Gasteiger partial charge in [-0.15, -0.1) is 11.3 Å². The SMILES string of the molecule is O=S(=O)(Nc1cscn1)c1cc(Cl)c(NC2(c3ccc(F)cc3F)CC2)cc1F. The van der Waals surface area contributed by atoms with E-state index < -0.39 is 37.9 Å². The van der Waals surface area contributed by atoms with Crippen LogP contribution in [0.2, 0.25) is 5.02 Å². The van der Waals surface area contributed by atoms with Crippen LogP contribution in [-0.4, -0.2) is 13.4 Å². The zero-order valence-electron chi connectivity index (χ0n) is 14.5. The minimum Gasteiger partial charge on any atom is -0.374 e. The Hall–Kier alpha value is -2.30. The Bertz CT molecular complexity index is 1180. The maximum atomic E-state index is 14.6. The summed E-state index contributed by atoms with van der Waals surface area (Å²) in [7, 11) is -4.24. The fourth-order valence-corrected chi connectivity index (χ4v) is 4.93. The summed E-state index contributed by atoms with van der Waals surface area (Å²) in [5.74, 6) is -2.39. The molecule has 0 bridgehead atoms. The van der Waals surface area contributed by atoms with Crippen LogP contribution in [0.5, 0.6) is 0 Å². The summed E-state index contributed by atoms with van der Waals surface area (Å²) in [6.07, 6.45) is 1.05. The molecule has 0 amide bonds. The number of hydrogen-bond donors (Lipinski definition) is 2. The van der Waals surface area contributed by atoms with Gasteiger partial charge in [-0.3, -0.25) is 4.72 Å². The van der Waals surface area contributed by atoms with Crippen LogP contribution in [-0.2, 0) is 15.6 Å². The molecule has 11 heteroatoms. The fraction of sp³-hybridized carbons (Fsp3) is 0.167. The molecular weight excluding hydrogens is 447 g/mol. The van der Waals surface area contributed by atoms with E-state index in [0.29, 0.717) is 12.8 Å². The molecule has 5 nitrogen and oxygen atoms in total. The van der Waals surface area contributed by atoms with Crippen LogP contribution in [0.15, 0.2) is 46.1 Å². The first-order valence-electron chi connectivity index (χ1n) is 8.34. The summed E-state index contributed by atoms with van der Waals surface area (Å²) in [5, 5.41) is 4.38. The fourth-order valence-electron chi connectivity index (χ4n) is 3.01. The molecular formula is C18H13ClF3N3O2S2. The summed E-state index contributed by atoms with van der Waals surface area (Å²) in [6.45, 7) is 0. The molecule has 29 heavy (non-hydrogen) atoms. The molecule has 2 aromatic carbocycles. The van der Waals surface area contributed by atoms with Crippen molar-refractivity contribution in [3.63, 3.8) is 0 Å². The first-order valence-corrected chi connectivity index (χ1v) is 11.1. The summed E-state index contributed by atoms with van der Waals surface area (Å²) in [5.41, 5.74) is 0.917. The number of nitrogens with zero attached hydrogens (tertiary/aromatic N) is 1. The van der Waals surface area contributed by atoms with Gasteiger partial charge in [0.15, 0.2) is 5.82 Å². The van der Waals surface area contributed by atoms with Crippen molar-refractivity contribution in [1.82, 2.24) is 4.98 Å². The van der Waals surface area contributed by atoms with Crippen molar-refractivity contribution in [1.29, 1.82) is 0 Å². The predicted octanol–water partition coefficient (Wildman–Crippen LogP) is 5.12. The highest BCUT2D eigenvalue weighted by Gasteiger charge is 2.46. The van der Waals surface area contributed by atoms with Crippen molar-refractivity contribution in [2.45, 2.75) is 23.3 Å². The van der Waals surface area contributed by atoms with Gasteiger partial charge in [-0.1, -0.05) is 17.7 Å². The first-order chi connectivity index (χ1) is 13.7. The molecule has 0 atom stereocenters. The van der Waals surface area contributed by atoms with Crippen molar-refractivity contribution in [2.24, 2.45) is 0 Å². The molecule has 3 aromatic rings. The second-order valence-electron chi connectivity index (χ2n) is 6.57. The molecule has 4 rings (SSSR count). The van der Waals surface area contributed by atoms with Crippen LogP contribution in [0.1, 0.15) is 18.4 Å². The molecule has 1 heterocycles.